The Bertz CT molecular complexity index is 1380. The van der Waals surface area contributed by atoms with Gasteiger partial charge in [-0.15, -0.1) is 5.53 Å². The Balaban J connectivity index is 2.70. The first kappa shape index (κ1) is 50.0. The second-order valence-corrected chi connectivity index (χ2v) is 14.5. The molecular formula is C36H67N13O8. The van der Waals surface area contributed by atoms with Gasteiger partial charge in [-0.3, -0.25) is 43.4 Å². The molecule has 2 atom stereocenters. The molecule has 1 aliphatic rings. The van der Waals surface area contributed by atoms with Crippen LogP contribution in [0.1, 0.15) is 80.1 Å². The van der Waals surface area contributed by atoms with E-state index in [1.165, 1.54) is 11.8 Å². The van der Waals surface area contributed by atoms with Crippen LogP contribution in [0.5, 0.6) is 0 Å². The molecule has 1 aliphatic heterocycles. The molecule has 0 fully saturated rings. The summed E-state index contributed by atoms with van der Waals surface area (Å²) in [6.45, 7) is 12.6. The van der Waals surface area contributed by atoms with E-state index in [4.69, 9.17) is 11.5 Å². The smallest absolute Gasteiger partial charge is 0.243 e. The van der Waals surface area contributed by atoms with Crippen LogP contribution in [-0.2, 0) is 38.4 Å². The monoisotopic (exact) mass is 810 g/mol. The van der Waals surface area contributed by atoms with Crippen LogP contribution in [0.25, 0.3) is 0 Å². The molecular weight excluding hydrogens is 742 g/mol. The van der Waals surface area contributed by atoms with Gasteiger partial charge in [0.2, 0.25) is 47.3 Å². The molecule has 0 unspecified atom stereocenters. The molecule has 0 saturated carbocycles. The van der Waals surface area contributed by atoms with Crippen LogP contribution in [0.15, 0.2) is 11.9 Å². The summed E-state index contributed by atoms with van der Waals surface area (Å²) < 4.78 is 0. The average Bonchev–Trinajstić information content (AvgIpc) is 3.59. The van der Waals surface area contributed by atoms with Gasteiger partial charge >= 0.3 is 0 Å². The number of primary amides is 1. The lowest BCUT2D eigenvalue weighted by molar-refractivity contribution is -0.135. The zero-order valence-corrected chi connectivity index (χ0v) is 34.5. The molecule has 0 aromatic carbocycles. The number of nitrogens with two attached hydrogens (primary N) is 2. The third-order valence-electron chi connectivity index (χ3n) is 8.63. The van der Waals surface area contributed by atoms with Crippen LogP contribution in [0.4, 0.5) is 0 Å². The second-order valence-electron chi connectivity index (χ2n) is 14.5. The molecule has 0 aromatic rings. The lowest BCUT2D eigenvalue weighted by atomic mass is 10.1. The topological polar surface area (TPSA) is 295 Å². The number of hydrogen-bond acceptors (Lipinski definition) is 13. The Morgan fingerprint density at radius 3 is 2.09 bits per heavy atom. The molecule has 0 radical (unpaired) electrons. The van der Waals surface area contributed by atoms with E-state index < -0.39 is 66.5 Å². The number of rotatable bonds is 29. The maximum Gasteiger partial charge on any atom is 0.243 e. The molecule has 57 heavy (non-hydrogen) atoms. The fourth-order valence-corrected chi connectivity index (χ4v) is 5.56. The van der Waals surface area contributed by atoms with Gasteiger partial charge in [0.05, 0.1) is 38.4 Å². The van der Waals surface area contributed by atoms with Crippen molar-refractivity contribution >= 4 is 47.3 Å². The third-order valence-corrected chi connectivity index (χ3v) is 8.63. The SMILES string of the molecule is CCN(CCCC[C@H](NC(=O)CNC(=O)[C@H](C)NC(=O)CNC(=O)CC(C)C)C(=O)NCC(=O)NCCC(=O)N(CC(N)=O)CC1=CN(CCCN)NN1)C(C)C. The number of unbranched alkanes of at least 4 members (excludes halogenated alkanes) is 1. The maximum atomic E-state index is 13.2. The summed E-state index contributed by atoms with van der Waals surface area (Å²) in [6.07, 6.45) is 4.19. The highest BCUT2D eigenvalue weighted by molar-refractivity contribution is 5.94. The number of hydrazine groups is 2. The summed E-state index contributed by atoms with van der Waals surface area (Å²) in [6, 6.07) is -1.69. The first-order valence-electron chi connectivity index (χ1n) is 19.6. The number of amides is 8. The van der Waals surface area contributed by atoms with Crippen LogP contribution in [0, 0.1) is 5.92 Å². The van der Waals surface area contributed by atoms with E-state index in [-0.39, 0.29) is 57.3 Å². The predicted molar refractivity (Wildman–Crippen MR) is 212 cm³/mol. The van der Waals surface area contributed by atoms with E-state index in [2.05, 4.69) is 68.5 Å². The minimum absolute atomic E-state index is 0.0673. The van der Waals surface area contributed by atoms with Crippen LogP contribution >= 0.6 is 0 Å². The predicted octanol–water partition coefficient (Wildman–Crippen LogP) is -3.39. The van der Waals surface area contributed by atoms with Crippen molar-refractivity contribution in [2.45, 2.75) is 98.2 Å². The first-order chi connectivity index (χ1) is 26.9. The quantitative estimate of drug-likeness (QED) is 0.0330. The minimum atomic E-state index is -1.02. The Labute approximate surface area is 335 Å². The van der Waals surface area contributed by atoms with E-state index in [9.17, 15) is 38.4 Å². The molecule has 0 aliphatic carbocycles. The van der Waals surface area contributed by atoms with Gasteiger partial charge in [0.15, 0.2) is 0 Å². The zero-order chi connectivity index (χ0) is 42.9. The first-order valence-corrected chi connectivity index (χ1v) is 19.6. The molecule has 21 nitrogen and oxygen atoms in total. The van der Waals surface area contributed by atoms with Crippen molar-refractivity contribution in [2.75, 3.05) is 65.4 Å². The molecule has 12 N–H and O–H groups in total. The van der Waals surface area contributed by atoms with Gasteiger partial charge in [0.1, 0.15) is 12.1 Å². The Morgan fingerprint density at radius 2 is 1.46 bits per heavy atom. The number of nitrogens with zero attached hydrogens (tertiary/aromatic N) is 3. The molecule has 21 heteroatoms. The van der Waals surface area contributed by atoms with Gasteiger partial charge in [-0.2, -0.15) is 0 Å². The van der Waals surface area contributed by atoms with Crippen molar-refractivity contribution in [1.82, 2.24) is 57.7 Å². The van der Waals surface area contributed by atoms with Gasteiger partial charge < -0.3 is 58.6 Å². The van der Waals surface area contributed by atoms with Crippen LogP contribution in [0.2, 0.25) is 0 Å². The van der Waals surface area contributed by atoms with Gasteiger partial charge in [-0.05, 0) is 72.0 Å². The lowest BCUT2D eigenvalue weighted by Gasteiger charge is -2.25. The molecule has 0 spiro atoms. The highest BCUT2D eigenvalue weighted by Crippen LogP contribution is 2.07. The highest BCUT2D eigenvalue weighted by Gasteiger charge is 2.24. The largest absolute Gasteiger partial charge is 0.368 e. The van der Waals surface area contributed by atoms with Gasteiger partial charge in [-0.25, -0.2) is 0 Å². The number of carbonyl (C=O) groups excluding carboxylic acids is 8. The summed E-state index contributed by atoms with van der Waals surface area (Å²) >= 11 is 0. The number of hydrogen-bond donors (Lipinski definition) is 10. The molecule has 1 rings (SSSR count). The third kappa shape index (κ3) is 22.3. The molecule has 0 saturated heterocycles. The van der Waals surface area contributed by atoms with Crippen LogP contribution < -0.4 is 54.3 Å². The van der Waals surface area contributed by atoms with E-state index in [0.717, 1.165) is 25.9 Å². The van der Waals surface area contributed by atoms with E-state index >= 15 is 0 Å². The Kier molecular flexibility index (Phi) is 24.2. The van der Waals surface area contributed by atoms with Crippen molar-refractivity contribution in [2.24, 2.45) is 17.4 Å². The van der Waals surface area contributed by atoms with E-state index in [1.807, 2.05) is 13.8 Å². The van der Waals surface area contributed by atoms with Crippen molar-refractivity contribution in [3.63, 3.8) is 0 Å². The minimum Gasteiger partial charge on any atom is -0.368 e. The fraction of sp³-hybridized carbons (Fsp3) is 0.722. The maximum absolute atomic E-state index is 13.2. The molecule has 0 bridgehead atoms. The Morgan fingerprint density at radius 1 is 0.807 bits per heavy atom. The average molecular weight is 810 g/mol. The highest BCUT2D eigenvalue weighted by atomic mass is 16.2. The normalized spacial score (nSPS) is 13.3. The summed E-state index contributed by atoms with van der Waals surface area (Å²) in [5.74, 6) is -4.38. The summed E-state index contributed by atoms with van der Waals surface area (Å²) in [5.41, 5.74) is 17.4. The summed E-state index contributed by atoms with van der Waals surface area (Å²) in [4.78, 5) is 103. The van der Waals surface area contributed by atoms with Crippen molar-refractivity contribution in [3.05, 3.63) is 11.9 Å². The number of carbonyl (C=O) groups is 8. The number of nitrogens with one attached hydrogen (secondary N) is 8. The summed E-state index contributed by atoms with van der Waals surface area (Å²) in [7, 11) is 0. The molecule has 0 aromatic heterocycles. The molecule has 324 valence electrons. The second kappa shape index (κ2) is 27.6. The molecule has 8 amide bonds. The lowest BCUT2D eigenvalue weighted by Crippen LogP contribution is -2.53. The van der Waals surface area contributed by atoms with Crippen LogP contribution in [-0.4, -0.2) is 146 Å². The van der Waals surface area contributed by atoms with E-state index in [0.29, 0.717) is 31.2 Å². The Hall–Kier alpha value is -5.02. The van der Waals surface area contributed by atoms with Crippen molar-refractivity contribution in [1.29, 1.82) is 0 Å². The standard InChI is InChI=1S/C36H67N13O8/c1-7-47(25(4)5)15-9-8-11-28(44-33(54)20-41-35(56)26(6)43-32(53)19-40-30(51)17-24(2)3)36(57)42-18-31(52)39-14-12-34(55)48(23-29(38)50)21-27-22-49(46-45-27)16-10-13-37/h22,24-26,28,45-46H,7-21,23,37H2,1-6H3,(H2,38,50)(H,39,52)(H,40,51)(H,41,56)(H,42,57)(H,43,53)(H,44,54)/t26-,28-/m0/s1. The fourth-order valence-electron chi connectivity index (χ4n) is 5.56. The van der Waals surface area contributed by atoms with Crippen molar-refractivity contribution < 1.29 is 38.4 Å². The molecule has 1 heterocycles. The van der Waals surface area contributed by atoms with Gasteiger partial charge in [0, 0.05) is 38.2 Å². The summed E-state index contributed by atoms with van der Waals surface area (Å²) in [5, 5.41) is 16.8. The van der Waals surface area contributed by atoms with Gasteiger partial charge in [-0.1, -0.05) is 20.8 Å². The van der Waals surface area contributed by atoms with Gasteiger partial charge in [0.25, 0.3) is 0 Å². The van der Waals surface area contributed by atoms with Crippen LogP contribution in [0.3, 0.4) is 0 Å². The van der Waals surface area contributed by atoms with Crippen molar-refractivity contribution in [3.8, 4) is 0 Å². The van der Waals surface area contributed by atoms with E-state index in [1.54, 1.807) is 11.2 Å². The zero-order valence-electron chi connectivity index (χ0n) is 34.5.